The van der Waals surface area contributed by atoms with Crippen molar-refractivity contribution in [2.45, 2.75) is 44.3 Å². The summed E-state index contributed by atoms with van der Waals surface area (Å²) in [6, 6.07) is 0. The van der Waals surface area contributed by atoms with Crippen molar-refractivity contribution in [3.63, 3.8) is 0 Å². The third kappa shape index (κ3) is 2.21. The third-order valence-corrected chi connectivity index (χ3v) is 8.03. The first-order chi connectivity index (χ1) is 7.71. The van der Waals surface area contributed by atoms with Crippen LogP contribution in [0.2, 0.25) is 6.55 Å². The Morgan fingerprint density at radius 1 is 1.06 bits per heavy atom. The van der Waals surface area contributed by atoms with E-state index in [1.54, 1.807) is 0 Å². The Kier molecular flexibility index (Phi) is 4.05. The van der Waals surface area contributed by atoms with Crippen molar-refractivity contribution in [1.29, 1.82) is 0 Å². The molecule has 1 saturated carbocycles. The predicted molar refractivity (Wildman–Crippen MR) is 67.5 cm³/mol. The number of nitrogens with one attached hydrogen (secondary N) is 1. The van der Waals surface area contributed by atoms with Crippen LogP contribution in [0.4, 0.5) is 0 Å². The minimum atomic E-state index is -2.02. The van der Waals surface area contributed by atoms with Crippen molar-refractivity contribution in [1.82, 2.24) is 5.32 Å². The minimum absolute atomic E-state index is 0.488. The molecule has 3 atom stereocenters. The van der Waals surface area contributed by atoms with Gasteiger partial charge >= 0.3 is 8.56 Å². The van der Waals surface area contributed by atoms with Gasteiger partial charge in [-0.2, -0.15) is 0 Å². The van der Waals surface area contributed by atoms with Gasteiger partial charge in [-0.25, -0.2) is 0 Å². The van der Waals surface area contributed by atoms with E-state index in [1.807, 2.05) is 14.2 Å². The van der Waals surface area contributed by atoms with Crippen LogP contribution in [0, 0.1) is 11.8 Å². The molecule has 94 valence electrons. The Hall–Kier alpha value is 0.0969. The summed E-state index contributed by atoms with van der Waals surface area (Å²) >= 11 is 0. The minimum Gasteiger partial charge on any atom is -0.397 e. The first-order valence-corrected chi connectivity index (χ1v) is 8.94. The maximum atomic E-state index is 5.73. The molecule has 0 amide bonds. The first-order valence-electron chi connectivity index (χ1n) is 6.55. The Labute approximate surface area is 100 Å². The second-order valence-corrected chi connectivity index (χ2v) is 8.82. The van der Waals surface area contributed by atoms with Crippen molar-refractivity contribution < 1.29 is 8.85 Å². The molecular formula is C12H25NO2Si. The summed E-state index contributed by atoms with van der Waals surface area (Å²) < 4.78 is 11.5. The van der Waals surface area contributed by atoms with Crippen LogP contribution in [0.15, 0.2) is 0 Å². The average Bonchev–Trinajstić information content (AvgIpc) is 2.37. The number of piperidine rings is 1. The van der Waals surface area contributed by atoms with E-state index >= 15 is 0 Å². The van der Waals surface area contributed by atoms with Gasteiger partial charge in [0.15, 0.2) is 0 Å². The summed E-state index contributed by atoms with van der Waals surface area (Å²) in [6.45, 7) is 3.34. The average molecular weight is 243 g/mol. The normalized spacial score (nSPS) is 35.8. The van der Waals surface area contributed by atoms with Gasteiger partial charge in [0.1, 0.15) is 0 Å². The zero-order chi connectivity index (χ0) is 11.6. The molecule has 0 bridgehead atoms. The predicted octanol–water partition coefficient (Wildman–Crippen LogP) is 2.06. The highest BCUT2D eigenvalue weighted by atomic mass is 28.4. The maximum Gasteiger partial charge on any atom is 0.352 e. The molecule has 0 aromatic carbocycles. The van der Waals surface area contributed by atoms with Crippen molar-refractivity contribution in [3.8, 4) is 0 Å². The molecule has 1 aliphatic carbocycles. The highest BCUT2D eigenvalue weighted by Gasteiger charge is 2.48. The van der Waals surface area contributed by atoms with E-state index in [-0.39, 0.29) is 0 Å². The molecule has 2 fully saturated rings. The van der Waals surface area contributed by atoms with E-state index in [0.29, 0.717) is 5.67 Å². The molecule has 3 nitrogen and oxygen atoms in total. The third-order valence-electron chi connectivity index (χ3n) is 4.65. The molecular weight excluding hydrogens is 218 g/mol. The van der Waals surface area contributed by atoms with Crippen molar-refractivity contribution in [2.75, 3.05) is 20.8 Å². The zero-order valence-electron chi connectivity index (χ0n) is 10.8. The van der Waals surface area contributed by atoms with Gasteiger partial charge in [0.2, 0.25) is 0 Å². The van der Waals surface area contributed by atoms with Crippen LogP contribution in [0.3, 0.4) is 0 Å². The molecule has 16 heavy (non-hydrogen) atoms. The standard InChI is InChI=1S/C12H25NO2Si/c1-14-16(3,15-2)12-11-7-5-4-6-10(11)8-9-13-12/h10-13H,4-9H2,1-3H3. The number of hydrogen-bond donors (Lipinski definition) is 1. The Morgan fingerprint density at radius 3 is 2.44 bits per heavy atom. The molecule has 4 heteroatoms. The maximum absolute atomic E-state index is 5.73. The largest absolute Gasteiger partial charge is 0.397 e. The topological polar surface area (TPSA) is 30.5 Å². The Bertz CT molecular complexity index is 231. The van der Waals surface area contributed by atoms with E-state index in [4.69, 9.17) is 8.85 Å². The summed E-state index contributed by atoms with van der Waals surface area (Å²) in [5.74, 6) is 1.70. The number of fused-ring (bicyclic) bond motifs is 1. The lowest BCUT2D eigenvalue weighted by molar-refractivity contribution is 0.125. The van der Waals surface area contributed by atoms with E-state index < -0.39 is 8.56 Å². The van der Waals surface area contributed by atoms with E-state index in [0.717, 1.165) is 18.4 Å². The molecule has 1 aliphatic heterocycles. The van der Waals surface area contributed by atoms with E-state index in [1.165, 1.54) is 32.1 Å². The second kappa shape index (κ2) is 5.17. The van der Waals surface area contributed by atoms with Gasteiger partial charge in [-0.15, -0.1) is 0 Å². The smallest absolute Gasteiger partial charge is 0.352 e. The van der Waals surface area contributed by atoms with Gasteiger partial charge in [0.05, 0.1) is 5.67 Å². The van der Waals surface area contributed by atoms with Gasteiger partial charge in [0, 0.05) is 14.2 Å². The Balaban J connectivity index is 2.12. The lowest BCUT2D eigenvalue weighted by Gasteiger charge is -2.46. The van der Waals surface area contributed by atoms with E-state index in [2.05, 4.69) is 11.9 Å². The fourth-order valence-electron chi connectivity index (χ4n) is 3.52. The molecule has 2 rings (SSSR count). The highest BCUT2D eigenvalue weighted by Crippen LogP contribution is 2.39. The summed E-state index contributed by atoms with van der Waals surface area (Å²) in [5.41, 5.74) is 0.488. The van der Waals surface area contributed by atoms with Gasteiger partial charge in [-0.3, -0.25) is 0 Å². The second-order valence-electron chi connectivity index (χ2n) is 5.35. The molecule has 2 aliphatic rings. The van der Waals surface area contributed by atoms with Gasteiger partial charge < -0.3 is 14.2 Å². The van der Waals surface area contributed by atoms with E-state index in [9.17, 15) is 0 Å². The molecule has 0 radical (unpaired) electrons. The number of hydrogen-bond acceptors (Lipinski definition) is 3. The lowest BCUT2D eigenvalue weighted by Crippen LogP contribution is -2.63. The van der Waals surface area contributed by atoms with Crippen molar-refractivity contribution >= 4 is 8.56 Å². The van der Waals surface area contributed by atoms with Crippen LogP contribution >= 0.6 is 0 Å². The first kappa shape index (κ1) is 12.6. The fourth-order valence-corrected chi connectivity index (χ4v) is 5.93. The van der Waals surface area contributed by atoms with Crippen LogP contribution in [0.1, 0.15) is 32.1 Å². The number of rotatable bonds is 3. The molecule has 1 N–H and O–H groups in total. The molecule has 3 unspecified atom stereocenters. The zero-order valence-corrected chi connectivity index (χ0v) is 11.8. The summed E-state index contributed by atoms with van der Waals surface area (Å²) in [7, 11) is 1.60. The van der Waals surface area contributed by atoms with Gasteiger partial charge in [-0.05, 0) is 37.8 Å². The van der Waals surface area contributed by atoms with Crippen LogP contribution in [-0.4, -0.2) is 35.0 Å². The van der Waals surface area contributed by atoms with Gasteiger partial charge in [-0.1, -0.05) is 19.3 Å². The quantitative estimate of drug-likeness (QED) is 0.770. The highest BCUT2D eigenvalue weighted by molar-refractivity contribution is 6.67. The molecule has 1 saturated heterocycles. The molecule has 0 spiro atoms. The summed E-state index contributed by atoms with van der Waals surface area (Å²) in [5, 5.41) is 3.67. The SMILES string of the molecule is CO[Si](C)(OC)C1NCCC2CCCCC21. The van der Waals surface area contributed by atoms with Crippen LogP contribution in [0.5, 0.6) is 0 Å². The van der Waals surface area contributed by atoms with Crippen LogP contribution in [-0.2, 0) is 8.85 Å². The summed E-state index contributed by atoms with van der Waals surface area (Å²) in [6.07, 6.45) is 6.93. The molecule has 0 aromatic rings. The van der Waals surface area contributed by atoms with Crippen LogP contribution in [0.25, 0.3) is 0 Å². The van der Waals surface area contributed by atoms with Gasteiger partial charge in [0.25, 0.3) is 0 Å². The fraction of sp³-hybridized carbons (Fsp3) is 1.00. The summed E-state index contributed by atoms with van der Waals surface area (Å²) in [4.78, 5) is 0. The molecule has 1 heterocycles. The van der Waals surface area contributed by atoms with Crippen molar-refractivity contribution in [3.05, 3.63) is 0 Å². The monoisotopic (exact) mass is 243 g/mol. The van der Waals surface area contributed by atoms with Crippen LogP contribution < -0.4 is 5.32 Å². The molecule has 0 aromatic heterocycles. The lowest BCUT2D eigenvalue weighted by atomic mass is 9.75. The van der Waals surface area contributed by atoms with Crippen molar-refractivity contribution in [2.24, 2.45) is 11.8 Å². The Morgan fingerprint density at radius 2 is 1.75 bits per heavy atom.